The van der Waals surface area contributed by atoms with Crippen molar-refractivity contribution in [3.05, 3.63) is 46.2 Å². The number of ketones is 1. The van der Waals surface area contributed by atoms with E-state index in [0.29, 0.717) is 4.88 Å². The number of hydrogen-bond donors (Lipinski definition) is 0. The second-order valence-corrected chi connectivity index (χ2v) is 6.41. The number of nitrogens with zero attached hydrogens (tertiary/aromatic N) is 2. The van der Waals surface area contributed by atoms with Gasteiger partial charge < -0.3 is 9.47 Å². The van der Waals surface area contributed by atoms with Crippen LogP contribution in [0.5, 0.6) is 5.75 Å². The van der Waals surface area contributed by atoms with Crippen LogP contribution in [0.4, 0.5) is 4.39 Å². The van der Waals surface area contributed by atoms with E-state index >= 15 is 0 Å². The lowest BCUT2D eigenvalue weighted by Crippen LogP contribution is -2.14. The van der Waals surface area contributed by atoms with Crippen molar-refractivity contribution in [2.75, 3.05) is 13.7 Å². The minimum absolute atomic E-state index is 0.0340. The summed E-state index contributed by atoms with van der Waals surface area (Å²) < 4.78 is 25.1. The third kappa shape index (κ3) is 3.25. The highest BCUT2D eigenvalue weighted by atomic mass is 32.1. The summed E-state index contributed by atoms with van der Waals surface area (Å²) in [6.07, 6.45) is 0. The van der Waals surface area contributed by atoms with Crippen LogP contribution >= 0.6 is 11.3 Å². The topological polar surface area (TPSA) is 70.4 Å². The third-order valence-corrected chi connectivity index (χ3v) is 4.88. The minimum Gasteiger partial charge on any atom is -0.496 e. The lowest BCUT2D eigenvalue weighted by molar-refractivity contribution is 0.0479. The van der Waals surface area contributed by atoms with E-state index in [4.69, 9.17) is 9.47 Å². The molecule has 3 aromatic rings. The Kier molecular flexibility index (Phi) is 4.54. The molecule has 2 aromatic heterocycles. The monoisotopic (exact) mass is 362 g/mol. The molecule has 8 heteroatoms. The number of fused-ring (bicyclic) bond motifs is 1. The molecule has 25 heavy (non-hydrogen) atoms. The smallest absolute Gasteiger partial charge is 0.348 e. The number of ether oxygens (including phenoxy) is 2. The first-order valence-electron chi connectivity index (χ1n) is 7.37. The van der Waals surface area contributed by atoms with E-state index in [1.165, 1.54) is 30.6 Å². The maximum Gasteiger partial charge on any atom is 0.348 e. The fraction of sp³-hybridized carbons (Fsp3) is 0.235. The molecular weight excluding hydrogens is 347 g/mol. The van der Waals surface area contributed by atoms with Crippen LogP contribution in [0.2, 0.25) is 0 Å². The van der Waals surface area contributed by atoms with Gasteiger partial charge in [-0.1, -0.05) is 0 Å². The van der Waals surface area contributed by atoms with Gasteiger partial charge in [0.2, 0.25) is 5.78 Å². The third-order valence-electron chi connectivity index (χ3n) is 3.69. The van der Waals surface area contributed by atoms with Crippen molar-refractivity contribution >= 4 is 33.3 Å². The second kappa shape index (κ2) is 6.64. The highest BCUT2D eigenvalue weighted by Gasteiger charge is 2.19. The van der Waals surface area contributed by atoms with Gasteiger partial charge in [-0.2, -0.15) is 5.10 Å². The molecule has 0 aliphatic heterocycles. The average Bonchev–Trinajstić information content (AvgIpc) is 3.14. The number of benzene rings is 1. The number of Topliss-reactive ketones (excluding diaryl/α,β-unsaturated/α-hetero) is 1. The first-order chi connectivity index (χ1) is 11.9. The zero-order valence-corrected chi connectivity index (χ0v) is 14.6. The van der Waals surface area contributed by atoms with E-state index in [9.17, 15) is 14.0 Å². The van der Waals surface area contributed by atoms with E-state index in [-0.39, 0.29) is 11.3 Å². The Labute approximate surface area is 146 Å². The number of methoxy groups -OCH3 is 1. The Morgan fingerprint density at radius 1 is 1.32 bits per heavy atom. The number of aromatic nitrogens is 2. The highest BCUT2D eigenvalue weighted by molar-refractivity contribution is 7.20. The van der Waals surface area contributed by atoms with Crippen LogP contribution in [-0.2, 0) is 11.8 Å². The van der Waals surface area contributed by atoms with Crippen molar-refractivity contribution in [3.63, 3.8) is 0 Å². The molecule has 0 amide bonds. The van der Waals surface area contributed by atoms with Gasteiger partial charge in [-0.05, 0) is 31.2 Å². The summed E-state index contributed by atoms with van der Waals surface area (Å²) in [6.45, 7) is 1.36. The molecule has 6 nitrogen and oxygen atoms in total. The first-order valence-corrected chi connectivity index (χ1v) is 8.19. The molecule has 0 aliphatic carbocycles. The molecule has 0 spiro atoms. The molecule has 3 rings (SSSR count). The molecule has 0 fully saturated rings. The van der Waals surface area contributed by atoms with Gasteiger partial charge in [0.15, 0.2) is 6.61 Å². The van der Waals surface area contributed by atoms with Gasteiger partial charge in [0.25, 0.3) is 0 Å². The Morgan fingerprint density at radius 3 is 2.76 bits per heavy atom. The summed E-state index contributed by atoms with van der Waals surface area (Å²) in [7, 11) is 3.17. The summed E-state index contributed by atoms with van der Waals surface area (Å²) in [4.78, 5) is 25.6. The predicted molar refractivity (Wildman–Crippen MR) is 90.9 cm³/mol. The number of rotatable bonds is 5. The summed E-state index contributed by atoms with van der Waals surface area (Å²) in [5, 5.41) is 5.14. The number of hydrogen-bond acceptors (Lipinski definition) is 6. The fourth-order valence-corrected chi connectivity index (χ4v) is 3.50. The van der Waals surface area contributed by atoms with Crippen molar-refractivity contribution in [3.8, 4) is 5.75 Å². The van der Waals surface area contributed by atoms with Gasteiger partial charge in [0, 0.05) is 12.4 Å². The molecule has 130 valence electrons. The molecular formula is C17H15FN2O4S. The van der Waals surface area contributed by atoms with E-state index < -0.39 is 24.2 Å². The van der Waals surface area contributed by atoms with E-state index in [2.05, 4.69) is 5.10 Å². The van der Waals surface area contributed by atoms with Crippen LogP contribution in [-0.4, -0.2) is 35.2 Å². The van der Waals surface area contributed by atoms with Crippen molar-refractivity contribution in [2.45, 2.75) is 6.92 Å². The van der Waals surface area contributed by atoms with Crippen LogP contribution in [0.15, 0.2) is 24.3 Å². The number of aryl methyl sites for hydroxylation is 2. The minimum atomic E-state index is -0.607. The SMILES string of the molecule is COc1ccc(F)cc1C(=O)COC(=O)c1cc2c(C)nn(C)c2s1. The van der Waals surface area contributed by atoms with Crippen molar-refractivity contribution in [1.82, 2.24) is 9.78 Å². The number of halogens is 1. The summed E-state index contributed by atoms with van der Waals surface area (Å²) in [6, 6.07) is 5.29. The quantitative estimate of drug-likeness (QED) is 0.515. The highest BCUT2D eigenvalue weighted by Crippen LogP contribution is 2.28. The molecule has 2 heterocycles. The fourth-order valence-electron chi connectivity index (χ4n) is 2.48. The molecule has 0 saturated carbocycles. The van der Waals surface area contributed by atoms with E-state index in [1.807, 2.05) is 6.92 Å². The van der Waals surface area contributed by atoms with Crippen LogP contribution in [0.1, 0.15) is 25.7 Å². The zero-order chi connectivity index (χ0) is 18.1. The number of carbonyl (C=O) groups is 2. The lowest BCUT2D eigenvalue weighted by Gasteiger charge is -2.08. The Hall–Kier alpha value is -2.74. The normalized spacial score (nSPS) is 10.9. The van der Waals surface area contributed by atoms with Crippen molar-refractivity contribution in [2.24, 2.45) is 7.05 Å². The first kappa shape index (κ1) is 17.1. The van der Waals surface area contributed by atoms with Gasteiger partial charge in [-0.3, -0.25) is 9.48 Å². The molecule has 1 aromatic carbocycles. The molecule has 0 saturated heterocycles. The van der Waals surface area contributed by atoms with Crippen LogP contribution in [0.25, 0.3) is 10.2 Å². The standard InChI is InChI=1S/C17H15FN2O4S/c1-9-11-7-15(25-16(11)20(2)19-9)17(22)24-8-13(21)12-6-10(18)4-5-14(12)23-3/h4-7H,8H2,1-3H3. The second-order valence-electron chi connectivity index (χ2n) is 5.38. The predicted octanol–water partition coefficient (Wildman–Crippen LogP) is 3.13. The zero-order valence-electron chi connectivity index (χ0n) is 13.8. The Balaban J connectivity index is 1.74. The van der Waals surface area contributed by atoms with E-state index in [1.54, 1.807) is 17.8 Å². The molecule has 0 radical (unpaired) electrons. The van der Waals surface area contributed by atoms with Gasteiger partial charge in [-0.25, -0.2) is 9.18 Å². The van der Waals surface area contributed by atoms with Crippen LogP contribution < -0.4 is 4.74 Å². The Morgan fingerprint density at radius 2 is 2.08 bits per heavy atom. The number of esters is 1. The molecule has 0 unspecified atom stereocenters. The summed E-state index contributed by atoms with van der Waals surface area (Å²) in [5.74, 6) is -1.48. The average molecular weight is 362 g/mol. The maximum absolute atomic E-state index is 13.3. The molecule has 0 aliphatic rings. The van der Waals surface area contributed by atoms with E-state index in [0.717, 1.165) is 22.0 Å². The van der Waals surface area contributed by atoms with Gasteiger partial charge in [0.05, 0.1) is 18.4 Å². The van der Waals surface area contributed by atoms with Gasteiger partial charge in [-0.15, -0.1) is 11.3 Å². The molecule has 0 bridgehead atoms. The Bertz CT molecular complexity index is 942. The maximum atomic E-state index is 13.3. The number of thiophene rings is 1. The van der Waals surface area contributed by atoms with Gasteiger partial charge in [0.1, 0.15) is 21.3 Å². The number of carbonyl (C=O) groups excluding carboxylic acids is 2. The summed E-state index contributed by atoms with van der Waals surface area (Å²) in [5.41, 5.74) is 0.847. The lowest BCUT2D eigenvalue weighted by atomic mass is 10.1. The van der Waals surface area contributed by atoms with Crippen LogP contribution in [0.3, 0.4) is 0 Å². The van der Waals surface area contributed by atoms with Crippen LogP contribution in [0, 0.1) is 12.7 Å². The largest absolute Gasteiger partial charge is 0.496 e. The van der Waals surface area contributed by atoms with Crippen molar-refractivity contribution < 1.29 is 23.5 Å². The summed E-state index contributed by atoms with van der Waals surface area (Å²) >= 11 is 1.24. The van der Waals surface area contributed by atoms with Crippen molar-refractivity contribution in [1.29, 1.82) is 0 Å². The van der Waals surface area contributed by atoms with Gasteiger partial charge >= 0.3 is 5.97 Å². The molecule has 0 N–H and O–H groups in total. The molecule has 0 atom stereocenters.